The number of carbonyl (C=O) groups is 2. The van der Waals surface area contributed by atoms with Crippen molar-refractivity contribution in [1.29, 1.82) is 0 Å². The Morgan fingerprint density at radius 1 is 1.44 bits per heavy atom. The van der Waals surface area contributed by atoms with E-state index in [4.69, 9.17) is 0 Å². The van der Waals surface area contributed by atoms with Crippen LogP contribution >= 0.6 is 0 Å². The number of nitrogens with zero attached hydrogens (tertiary/aromatic N) is 1. The summed E-state index contributed by atoms with van der Waals surface area (Å²) in [5, 5.41) is 2.61. The fourth-order valence-corrected chi connectivity index (χ4v) is 1.89. The first-order valence-electron chi connectivity index (χ1n) is 5.95. The second-order valence-corrected chi connectivity index (χ2v) is 4.47. The van der Waals surface area contributed by atoms with Crippen LogP contribution in [-0.2, 0) is 9.59 Å². The zero-order valence-corrected chi connectivity index (χ0v) is 10.4. The molecule has 0 radical (unpaired) electrons. The van der Waals surface area contributed by atoms with Crippen LogP contribution < -0.4 is 5.32 Å². The van der Waals surface area contributed by atoms with Crippen LogP contribution in [0.15, 0.2) is 0 Å². The van der Waals surface area contributed by atoms with Gasteiger partial charge in [0.15, 0.2) is 0 Å². The van der Waals surface area contributed by atoms with E-state index < -0.39 is 24.0 Å². The number of halogens is 3. The molecule has 18 heavy (non-hydrogen) atoms. The van der Waals surface area contributed by atoms with Crippen LogP contribution in [0.3, 0.4) is 0 Å². The number of hydrogen-bond acceptors (Lipinski definition) is 2. The molecule has 1 rings (SSSR count). The lowest BCUT2D eigenvalue weighted by molar-refractivity contribution is -0.186. The third kappa shape index (κ3) is 3.36. The normalized spacial score (nSPS) is 21.8. The molecule has 1 saturated heterocycles. The summed E-state index contributed by atoms with van der Waals surface area (Å²) >= 11 is 0. The maximum atomic E-state index is 12.3. The molecule has 104 valence electrons. The lowest BCUT2D eigenvalue weighted by Crippen LogP contribution is -2.51. The van der Waals surface area contributed by atoms with Crippen molar-refractivity contribution < 1.29 is 22.8 Å². The Hall–Kier alpha value is -1.27. The lowest BCUT2D eigenvalue weighted by atomic mass is 10.1. The Morgan fingerprint density at radius 2 is 2.06 bits per heavy atom. The molecule has 0 aromatic heterocycles. The lowest BCUT2D eigenvalue weighted by Gasteiger charge is -2.25. The van der Waals surface area contributed by atoms with E-state index in [9.17, 15) is 22.8 Å². The average molecular weight is 266 g/mol. The van der Waals surface area contributed by atoms with Gasteiger partial charge in [-0.2, -0.15) is 13.2 Å². The van der Waals surface area contributed by atoms with Crippen LogP contribution in [0, 0.1) is 0 Å². The first kappa shape index (κ1) is 14.8. The van der Waals surface area contributed by atoms with Gasteiger partial charge in [-0.15, -0.1) is 0 Å². The number of amides is 2. The minimum absolute atomic E-state index is 0.0169. The van der Waals surface area contributed by atoms with E-state index in [2.05, 4.69) is 5.32 Å². The standard InChI is InChI=1S/C11H17F3N2O2/c1-3-7(2)15-9(17)8-5-4-6-16(8)10(18)11(12,13)14/h7-8H,3-6H2,1-2H3,(H,15,17). The third-order valence-corrected chi connectivity index (χ3v) is 3.06. The predicted molar refractivity (Wildman–Crippen MR) is 58.7 cm³/mol. The highest BCUT2D eigenvalue weighted by Gasteiger charge is 2.47. The molecule has 2 amide bonds. The van der Waals surface area contributed by atoms with Crippen LogP contribution in [0.2, 0.25) is 0 Å². The monoisotopic (exact) mass is 266 g/mol. The summed E-state index contributed by atoms with van der Waals surface area (Å²) in [5.41, 5.74) is 0. The van der Waals surface area contributed by atoms with Crippen LogP contribution in [0.25, 0.3) is 0 Å². The largest absolute Gasteiger partial charge is 0.471 e. The molecule has 1 fully saturated rings. The Morgan fingerprint density at radius 3 is 2.56 bits per heavy atom. The molecule has 2 unspecified atom stereocenters. The Bertz CT molecular complexity index is 331. The van der Waals surface area contributed by atoms with Gasteiger partial charge >= 0.3 is 12.1 Å². The molecule has 0 aliphatic carbocycles. The second-order valence-electron chi connectivity index (χ2n) is 4.47. The maximum Gasteiger partial charge on any atom is 0.471 e. The number of hydrogen-bond donors (Lipinski definition) is 1. The summed E-state index contributed by atoms with van der Waals surface area (Å²) in [4.78, 5) is 23.6. The number of alkyl halides is 3. The summed E-state index contributed by atoms with van der Waals surface area (Å²) < 4.78 is 37.0. The van der Waals surface area contributed by atoms with Crippen LogP contribution in [0.4, 0.5) is 13.2 Å². The first-order valence-corrected chi connectivity index (χ1v) is 5.95. The van der Waals surface area contributed by atoms with Crippen molar-refractivity contribution in [2.24, 2.45) is 0 Å². The maximum absolute atomic E-state index is 12.3. The number of carbonyl (C=O) groups excluding carboxylic acids is 2. The van der Waals surface area contributed by atoms with Crippen molar-refractivity contribution >= 4 is 11.8 Å². The van der Waals surface area contributed by atoms with Crippen molar-refractivity contribution in [3.05, 3.63) is 0 Å². The van der Waals surface area contributed by atoms with Crippen molar-refractivity contribution in [2.45, 2.75) is 51.4 Å². The summed E-state index contributed by atoms with van der Waals surface area (Å²) in [6.45, 7) is 3.61. The number of rotatable bonds is 3. The second kappa shape index (κ2) is 5.58. The molecule has 0 saturated carbocycles. The fraction of sp³-hybridized carbons (Fsp3) is 0.818. The smallest absolute Gasteiger partial charge is 0.352 e. The topological polar surface area (TPSA) is 49.4 Å². The Kier molecular flexibility index (Phi) is 4.59. The van der Waals surface area contributed by atoms with Crippen molar-refractivity contribution in [3.8, 4) is 0 Å². The van der Waals surface area contributed by atoms with Gasteiger partial charge in [-0.05, 0) is 26.2 Å². The van der Waals surface area contributed by atoms with Crippen LogP contribution in [-0.4, -0.2) is 41.5 Å². The molecule has 0 bridgehead atoms. The summed E-state index contributed by atoms with van der Waals surface area (Å²) in [7, 11) is 0. The molecular weight excluding hydrogens is 249 g/mol. The summed E-state index contributed by atoms with van der Waals surface area (Å²) in [6.07, 6.45) is -3.53. The average Bonchev–Trinajstić information content (AvgIpc) is 2.75. The fourth-order valence-electron chi connectivity index (χ4n) is 1.89. The zero-order chi connectivity index (χ0) is 13.9. The highest BCUT2D eigenvalue weighted by molar-refractivity contribution is 5.90. The van der Waals surface area contributed by atoms with Crippen molar-refractivity contribution in [2.75, 3.05) is 6.54 Å². The van der Waals surface area contributed by atoms with E-state index >= 15 is 0 Å². The predicted octanol–water partition coefficient (Wildman–Crippen LogP) is 1.45. The van der Waals surface area contributed by atoms with E-state index in [-0.39, 0.29) is 19.0 Å². The van der Waals surface area contributed by atoms with Gasteiger partial charge in [-0.25, -0.2) is 0 Å². The molecule has 1 N–H and O–H groups in total. The highest BCUT2D eigenvalue weighted by Crippen LogP contribution is 2.25. The molecule has 0 spiro atoms. The van der Waals surface area contributed by atoms with Gasteiger partial charge in [-0.1, -0.05) is 6.92 Å². The molecular formula is C11H17F3N2O2. The van der Waals surface area contributed by atoms with E-state index in [1.54, 1.807) is 6.92 Å². The van der Waals surface area contributed by atoms with Crippen molar-refractivity contribution in [3.63, 3.8) is 0 Å². The summed E-state index contributed by atoms with van der Waals surface area (Å²) in [5.74, 6) is -2.43. The first-order chi connectivity index (χ1) is 8.27. The van der Waals surface area contributed by atoms with Gasteiger partial charge < -0.3 is 10.2 Å². The number of likely N-dealkylation sites (tertiary alicyclic amines) is 1. The van der Waals surface area contributed by atoms with E-state index in [1.165, 1.54) is 0 Å². The number of nitrogens with one attached hydrogen (secondary N) is 1. The van der Waals surface area contributed by atoms with Gasteiger partial charge in [-0.3, -0.25) is 9.59 Å². The van der Waals surface area contributed by atoms with Crippen LogP contribution in [0.5, 0.6) is 0 Å². The van der Waals surface area contributed by atoms with Gasteiger partial charge in [0.1, 0.15) is 6.04 Å². The molecule has 0 aromatic carbocycles. The van der Waals surface area contributed by atoms with E-state index in [0.29, 0.717) is 17.7 Å². The Labute approximate surface area is 104 Å². The van der Waals surface area contributed by atoms with Gasteiger partial charge in [0.05, 0.1) is 0 Å². The van der Waals surface area contributed by atoms with Crippen molar-refractivity contribution in [1.82, 2.24) is 10.2 Å². The SMILES string of the molecule is CCC(C)NC(=O)C1CCCN1C(=O)C(F)(F)F. The van der Waals surface area contributed by atoms with Gasteiger partial charge in [0, 0.05) is 12.6 Å². The zero-order valence-electron chi connectivity index (χ0n) is 10.4. The quantitative estimate of drug-likeness (QED) is 0.840. The summed E-state index contributed by atoms with van der Waals surface area (Å²) in [6, 6.07) is -1.10. The third-order valence-electron chi connectivity index (χ3n) is 3.06. The Balaban J connectivity index is 2.71. The molecule has 1 heterocycles. The highest BCUT2D eigenvalue weighted by atomic mass is 19.4. The minimum Gasteiger partial charge on any atom is -0.352 e. The molecule has 2 atom stereocenters. The minimum atomic E-state index is -4.92. The molecule has 1 aliphatic rings. The van der Waals surface area contributed by atoms with Crippen LogP contribution in [0.1, 0.15) is 33.1 Å². The molecule has 4 nitrogen and oxygen atoms in total. The molecule has 7 heteroatoms. The molecule has 0 aromatic rings. The van der Waals surface area contributed by atoms with E-state index in [1.807, 2.05) is 6.92 Å². The van der Waals surface area contributed by atoms with Gasteiger partial charge in [0.25, 0.3) is 0 Å². The molecule has 1 aliphatic heterocycles. The van der Waals surface area contributed by atoms with E-state index in [0.717, 1.165) is 0 Å². The van der Waals surface area contributed by atoms with Gasteiger partial charge in [0.2, 0.25) is 5.91 Å².